The molecule has 2 aliphatic heterocycles. The van der Waals surface area contributed by atoms with Gasteiger partial charge in [0.1, 0.15) is 0 Å². The van der Waals surface area contributed by atoms with Gasteiger partial charge in [-0.15, -0.1) is 0 Å². The van der Waals surface area contributed by atoms with Crippen molar-refractivity contribution in [1.82, 2.24) is 10.2 Å². The summed E-state index contributed by atoms with van der Waals surface area (Å²) in [6.07, 6.45) is 6.60. The van der Waals surface area contributed by atoms with Crippen LogP contribution in [0.25, 0.3) is 0 Å². The van der Waals surface area contributed by atoms with Crippen molar-refractivity contribution in [2.24, 2.45) is 0 Å². The van der Waals surface area contributed by atoms with E-state index >= 15 is 0 Å². The third-order valence-electron chi connectivity index (χ3n) is 5.17. The lowest BCUT2D eigenvalue weighted by Gasteiger charge is -2.35. The van der Waals surface area contributed by atoms with Gasteiger partial charge < -0.3 is 10.2 Å². The van der Waals surface area contributed by atoms with Gasteiger partial charge in [-0.1, -0.05) is 31.9 Å². The monoisotopic (exact) mass is 301 g/mol. The summed E-state index contributed by atoms with van der Waals surface area (Å²) in [5.41, 5.74) is 2.93. The van der Waals surface area contributed by atoms with Crippen LogP contribution < -0.4 is 10.2 Å². The molecule has 0 spiro atoms. The number of benzene rings is 1. The summed E-state index contributed by atoms with van der Waals surface area (Å²) in [5.74, 6) is 0. The van der Waals surface area contributed by atoms with E-state index in [0.717, 1.165) is 13.1 Å². The molecule has 2 aliphatic rings. The molecule has 1 atom stereocenters. The molecule has 3 rings (SSSR count). The Labute approximate surface area is 135 Å². The normalized spacial score (nSPS) is 21.2. The Bertz CT molecular complexity index is 430. The second-order valence-electron chi connectivity index (χ2n) is 6.73. The molecular formula is C19H31N3. The third-order valence-corrected chi connectivity index (χ3v) is 5.17. The highest BCUT2D eigenvalue weighted by atomic mass is 15.2. The molecule has 3 nitrogen and oxygen atoms in total. The van der Waals surface area contributed by atoms with Crippen molar-refractivity contribution in [3.8, 4) is 0 Å². The minimum atomic E-state index is 0.606. The molecule has 1 N–H and O–H groups in total. The van der Waals surface area contributed by atoms with Crippen molar-refractivity contribution < 1.29 is 0 Å². The zero-order valence-electron chi connectivity index (χ0n) is 14.1. The average molecular weight is 301 g/mol. The summed E-state index contributed by atoms with van der Waals surface area (Å²) in [6, 6.07) is 10.1. The van der Waals surface area contributed by atoms with E-state index in [0.29, 0.717) is 6.04 Å². The lowest BCUT2D eigenvalue weighted by Crippen LogP contribution is -2.45. The van der Waals surface area contributed by atoms with E-state index in [9.17, 15) is 0 Å². The number of rotatable bonds is 6. The van der Waals surface area contributed by atoms with Crippen LogP contribution >= 0.6 is 0 Å². The summed E-state index contributed by atoms with van der Waals surface area (Å²) in [5, 5.41) is 3.48. The molecule has 0 amide bonds. The first-order chi connectivity index (χ1) is 10.9. The Morgan fingerprint density at radius 1 is 1.00 bits per heavy atom. The van der Waals surface area contributed by atoms with E-state index in [1.165, 1.54) is 69.5 Å². The predicted octanol–water partition coefficient (Wildman–Crippen LogP) is 3.42. The summed E-state index contributed by atoms with van der Waals surface area (Å²) < 4.78 is 0. The molecule has 0 saturated carbocycles. The fourth-order valence-electron chi connectivity index (χ4n) is 3.83. The highest BCUT2D eigenvalue weighted by molar-refractivity contribution is 5.48. The molecule has 2 fully saturated rings. The van der Waals surface area contributed by atoms with Crippen molar-refractivity contribution in [2.45, 2.75) is 45.1 Å². The molecule has 0 bridgehead atoms. The second kappa shape index (κ2) is 7.98. The van der Waals surface area contributed by atoms with Crippen molar-refractivity contribution in [3.63, 3.8) is 0 Å². The largest absolute Gasteiger partial charge is 0.372 e. The SMILES string of the molecule is CCCC[C@H](c1ccc(N2CCCC2)cc1)N1CCNCC1. The van der Waals surface area contributed by atoms with E-state index in [1.54, 1.807) is 0 Å². The molecular weight excluding hydrogens is 270 g/mol. The minimum absolute atomic E-state index is 0.606. The van der Waals surface area contributed by atoms with Gasteiger partial charge in [0.2, 0.25) is 0 Å². The fourth-order valence-corrected chi connectivity index (χ4v) is 3.83. The highest BCUT2D eigenvalue weighted by Crippen LogP contribution is 2.29. The number of piperazine rings is 1. The highest BCUT2D eigenvalue weighted by Gasteiger charge is 2.22. The number of unbranched alkanes of at least 4 members (excludes halogenated alkanes) is 1. The summed E-state index contributed by atoms with van der Waals surface area (Å²) in [4.78, 5) is 5.20. The number of nitrogens with zero attached hydrogens (tertiary/aromatic N) is 2. The molecule has 0 aliphatic carbocycles. The average Bonchev–Trinajstić information content (AvgIpc) is 3.11. The standard InChI is InChI=1S/C19H31N3/c1-2-3-6-19(22-15-11-20-12-16-22)17-7-9-18(10-8-17)21-13-4-5-14-21/h7-10,19-20H,2-6,11-16H2,1H3/t19-/m1/s1. The van der Waals surface area contributed by atoms with Crippen LogP contribution in [0, 0.1) is 0 Å². The first kappa shape index (κ1) is 15.8. The summed E-state index contributed by atoms with van der Waals surface area (Å²) >= 11 is 0. The van der Waals surface area contributed by atoms with Crippen LogP contribution in [0.2, 0.25) is 0 Å². The number of anilines is 1. The lowest BCUT2D eigenvalue weighted by molar-refractivity contribution is 0.163. The van der Waals surface area contributed by atoms with Gasteiger partial charge in [0.05, 0.1) is 0 Å². The topological polar surface area (TPSA) is 18.5 Å². The van der Waals surface area contributed by atoms with E-state index in [-0.39, 0.29) is 0 Å². The van der Waals surface area contributed by atoms with Crippen LogP contribution in [-0.2, 0) is 0 Å². The van der Waals surface area contributed by atoms with E-state index < -0.39 is 0 Å². The zero-order valence-corrected chi connectivity index (χ0v) is 14.1. The summed E-state index contributed by atoms with van der Waals surface area (Å²) in [7, 11) is 0. The molecule has 1 aromatic carbocycles. The quantitative estimate of drug-likeness (QED) is 0.868. The van der Waals surface area contributed by atoms with Gasteiger partial charge >= 0.3 is 0 Å². The fraction of sp³-hybridized carbons (Fsp3) is 0.684. The molecule has 122 valence electrons. The van der Waals surface area contributed by atoms with Crippen LogP contribution in [0.4, 0.5) is 5.69 Å². The van der Waals surface area contributed by atoms with Crippen LogP contribution in [0.5, 0.6) is 0 Å². The van der Waals surface area contributed by atoms with Gasteiger partial charge in [-0.05, 0) is 37.0 Å². The molecule has 2 saturated heterocycles. The maximum Gasteiger partial charge on any atom is 0.0366 e. The maximum atomic E-state index is 3.48. The predicted molar refractivity (Wildman–Crippen MR) is 94.6 cm³/mol. The Morgan fingerprint density at radius 2 is 1.68 bits per heavy atom. The van der Waals surface area contributed by atoms with E-state index in [4.69, 9.17) is 0 Å². The van der Waals surface area contributed by atoms with Crippen LogP contribution in [0.15, 0.2) is 24.3 Å². The Morgan fingerprint density at radius 3 is 2.32 bits per heavy atom. The second-order valence-corrected chi connectivity index (χ2v) is 6.73. The van der Waals surface area contributed by atoms with Crippen LogP contribution in [0.3, 0.4) is 0 Å². The van der Waals surface area contributed by atoms with Crippen molar-refractivity contribution in [1.29, 1.82) is 0 Å². The third kappa shape index (κ3) is 3.82. The van der Waals surface area contributed by atoms with E-state index in [1.807, 2.05) is 0 Å². The van der Waals surface area contributed by atoms with Crippen molar-refractivity contribution >= 4 is 5.69 Å². The number of hydrogen-bond donors (Lipinski definition) is 1. The molecule has 3 heteroatoms. The van der Waals surface area contributed by atoms with Crippen molar-refractivity contribution in [3.05, 3.63) is 29.8 Å². The van der Waals surface area contributed by atoms with Crippen molar-refractivity contribution in [2.75, 3.05) is 44.2 Å². The lowest BCUT2D eigenvalue weighted by atomic mass is 9.98. The van der Waals surface area contributed by atoms with Crippen LogP contribution in [0.1, 0.15) is 50.6 Å². The first-order valence-corrected chi connectivity index (χ1v) is 9.18. The zero-order chi connectivity index (χ0) is 15.2. The van der Waals surface area contributed by atoms with Gasteiger partial charge in [0.15, 0.2) is 0 Å². The molecule has 0 aromatic heterocycles. The van der Waals surface area contributed by atoms with Gasteiger partial charge in [0.25, 0.3) is 0 Å². The maximum absolute atomic E-state index is 3.48. The Balaban J connectivity index is 1.71. The van der Waals surface area contributed by atoms with E-state index in [2.05, 4.69) is 46.3 Å². The Kier molecular flexibility index (Phi) is 5.74. The molecule has 2 heterocycles. The van der Waals surface area contributed by atoms with Gasteiger partial charge in [-0.25, -0.2) is 0 Å². The van der Waals surface area contributed by atoms with Gasteiger partial charge in [0, 0.05) is 51.0 Å². The number of nitrogens with one attached hydrogen (secondary N) is 1. The molecule has 0 radical (unpaired) electrons. The van der Waals surface area contributed by atoms with Crippen LogP contribution in [-0.4, -0.2) is 44.2 Å². The molecule has 22 heavy (non-hydrogen) atoms. The van der Waals surface area contributed by atoms with Gasteiger partial charge in [-0.3, -0.25) is 4.90 Å². The number of hydrogen-bond acceptors (Lipinski definition) is 3. The van der Waals surface area contributed by atoms with Gasteiger partial charge in [-0.2, -0.15) is 0 Å². The molecule has 1 aromatic rings. The first-order valence-electron chi connectivity index (χ1n) is 9.18. The molecule has 0 unspecified atom stereocenters. The Hall–Kier alpha value is -1.06. The summed E-state index contributed by atoms with van der Waals surface area (Å²) in [6.45, 7) is 9.39. The minimum Gasteiger partial charge on any atom is -0.372 e. The smallest absolute Gasteiger partial charge is 0.0366 e.